The second kappa shape index (κ2) is 9.37. The van der Waals surface area contributed by atoms with Crippen molar-refractivity contribution in [2.24, 2.45) is 0 Å². The van der Waals surface area contributed by atoms with E-state index in [1.807, 2.05) is 48.7 Å². The molecule has 3 aromatic carbocycles. The summed E-state index contributed by atoms with van der Waals surface area (Å²) in [6.07, 6.45) is 1.92. The number of carbonyl (C=O) groups is 1. The number of hydrogen-bond acceptors (Lipinski definition) is 3. The molecule has 1 saturated heterocycles. The fourth-order valence-electron chi connectivity index (χ4n) is 4.39. The number of halogens is 1. The summed E-state index contributed by atoms with van der Waals surface area (Å²) < 4.78 is 30.4. The lowest BCUT2D eigenvalue weighted by Crippen LogP contribution is -2.50. The van der Waals surface area contributed by atoms with Crippen LogP contribution in [0.5, 0.6) is 0 Å². The van der Waals surface area contributed by atoms with Crippen LogP contribution in [-0.4, -0.2) is 54.3 Å². The predicted octanol–water partition coefficient (Wildman–Crippen LogP) is 4.60. The van der Waals surface area contributed by atoms with Crippen molar-refractivity contribution in [3.05, 3.63) is 101 Å². The number of nitrogens with zero attached hydrogens (tertiary/aromatic N) is 3. The normalized spacial score (nSPS) is 15.0. The molecule has 6 nitrogen and oxygen atoms in total. The quantitative estimate of drug-likeness (QED) is 0.373. The average Bonchev–Trinajstić information content (AvgIpc) is 3.23. The highest BCUT2D eigenvalue weighted by atomic mass is 79.9. The Morgan fingerprint density at radius 3 is 2.18 bits per heavy atom. The fourth-order valence-corrected chi connectivity index (χ4v) is 6.07. The first-order chi connectivity index (χ1) is 16.4. The van der Waals surface area contributed by atoms with Gasteiger partial charge in [0.05, 0.1) is 10.5 Å². The SMILES string of the molecule is O=C(c1cn(Cc2ccccc2)c2ccccc12)N1CCN(S(=O)(=O)c2ccc(Br)cc2)CC1. The van der Waals surface area contributed by atoms with E-state index in [2.05, 4.69) is 32.6 Å². The van der Waals surface area contributed by atoms with Crippen molar-refractivity contribution >= 4 is 42.8 Å². The molecule has 0 radical (unpaired) electrons. The molecular weight excluding hydrogens is 514 g/mol. The lowest BCUT2D eigenvalue weighted by Gasteiger charge is -2.34. The molecule has 2 heterocycles. The van der Waals surface area contributed by atoms with E-state index in [-0.39, 0.29) is 23.9 Å². The molecule has 5 rings (SSSR count). The number of hydrogen-bond donors (Lipinski definition) is 0. The van der Waals surface area contributed by atoms with E-state index in [1.165, 1.54) is 4.31 Å². The smallest absolute Gasteiger partial charge is 0.256 e. The zero-order chi connectivity index (χ0) is 23.7. The second-order valence-corrected chi connectivity index (χ2v) is 11.2. The maximum Gasteiger partial charge on any atom is 0.256 e. The molecule has 0 aliphatic carbocycles. The summed E-state index contributed by atoms with van der Waals surface area (Å²) in [7, 11) is -3.59. The zero-order valence-corrected chi connectivity index (χ0v) is 20.9. The third-order valence-electron chi connectivity index (χ3n) is 6.19. The van der Waals surface area contributed by atoms with Gasteiger partial charge in [-0.1, -0.05) is 64.5 Å². The molecule has 1 aromatic heterocycles. The molecule has 1 aliphatic heterocycles. The number of piperazine rings is 1. The molecule has 1 amide bonds. The van der Waals surface area contributed by atoms with Crippen LogP contribution in [0.1, 0.15) is 15.9 Å². The minimum atomic E-state index is -3.59. The number of aromatic nitrogens is 1. The highest BCUT2D eigenvalue weighted by Gasteiger charge is 2.31. The highest BCUT2D eigenvalue weighted by Crippen LogP contribution is 2.25. The maximum atomic E-state index is 13.5. The van der Waals surface area contributed by atoms with Crippen molar-refractivity contribution in [3.8, 4) is 0 Å². The van der Waals surface area contributed by atoms with Crippen molar-refractivity contribution in [1.29, 1.82) is 0 Å². The first-order valence-electron chi connectivity index (χ1n) is 11.1. The van der Waals surface area contributed by atoms with Crippen LogP contribution >= 0.6 is 15.9 Å². The van der Waals surface area contributed by atoms with Crippen LogP contribution in [0.15, 0.2) is 94.4 Å². The van der Waals surface area contributed by atoms with Gasteiger partial charge in [-0.3, -0.25) is 4.79 Å². The summed E-state index contributed by atoms with van der Waals surface area (Å²) in [6, 6.07) is 24.7. The molecule has 1 aliphatic rings. The number of carbonyl (C=O) groups excluding carboxylic acids is 1. The standard InChI is InChI=1S/C26H24BrN3O3S/c27-21-10-12-22(13-11-21)34(32,33)30-16-14-28(15-17-30)26(31)24-19-29(18-20-6-2-1-3-7-20)25-9-5-4-8-23(24)25/h1-13,19H,14-18H2. The van der Waals surface area contributed by atoms with Crippen LogP contribution in [0, 0.1) is 0 Å². The Balaban J connectivity index is 1.35. The van der Waals surface area contributed by atoms with E-state index >= 15 is 0 Å². The maximum absolute atomic E-state index is 13.5. The van der Waals surface area contributed by atoms with Gasteiger partial charge in [-0.25, -0.2) is 8.42 Å². The van der Waals surface area contributed by atoms with Crippen molar-refractivity contribution in [2.45, 2.75) is 11.4 Å². The van der Waals surface area contributed by atoms with E-state index < -0.39 is 10.0 Å². The van der Waals surface area contributed by atoms with Crippen LogP contribution in [0.25, 0.3) is 10.9 Å². The Morgan fingerprint density at radius 2 is 1.47 bits per heavy atom. The van der Waals surface area contributed by atoms with Crippen molar-refractivity contribution in [1.82, 2.24) is 13.8 Å². The molecule has 0 bridgehead atoms. The van der Waals surface area contributed by atoms with Crippen molar-refractivity contribution in [2.75, 3.05) is 26.2 Å². The largest absolute Gasteiger partial charge is 0.342 e. The Kier molecular flexibility index (Phi) is 6.29. The van der Waals surface area contributed by atoms with Crippen LogP contribution in [-0.2, 0) is 16.6 Å². The van der Waals surface area contributed by atoms with Crippen LogP contribution in [0.3, 0.4) is 0 Å². The summed E-state index contributed by atoms with van der Waals surface area (Å²) in [5.41, 5.74) is 2.82. The summed E-state index contributed by atoms with van der Waals surface area (Å²) in [6.45, 7) is 1.92. The Labute approximate surface area is 207 Å². The molecule has 1 fully saturated rings. The van der Waals surface area contributed by atoms with E-state index in [1.54, 1.807) is 29.2 Å². The van der Waals surface area contributed by atoms with Crippen LogP contribution in [0.2, 0.25) is 0 Å². The highest BCUT2D eigenvalue weighted by molar-refractivity contribution is 9.10. The van der Waals surface area contributed by atoms with Gasteiger partial charge < -0.3 is 9.47 Å². The summed E-state index contributed by atoms with van der Waals surface area (Å²) in [5, 5.41) is 0.911. The third-order valence-corrected chi connectivity index (χ3v) is 8.63. The van der Waals surface area contributed by atoms with E-state index in [4.69, 9.17) is 0 Å². The Hall–Kier alpha value is -2.94. The molecule has 174 valence electrons. The van der Waals surface area contributed by atoms with Gasteiger partial charge in [-0.15, -0.1) is 0 Å². The van der Waals surface area contributed by atoms with Gasteiger partial charge in [0.2, 0.25) is 10.0 Å². The number of fused-ring (bicyclic) bond motifs is 1. The predicted molar refractivity (Wildman–Crippen MR) is 136 cm³/mol. The van der Waals surface area contributed by atoms with Crippen molar-refractivity contribution in [3.63, 3.8) is 0 Å². The van der Waals surface area contributed by atoms with Gasteiger partial charge in [0.15, 0.2) is 0 Å². The molecule has 0 unspecified atom stereocenters. The van der Waals surface area contributed by atoms with Crippen LogP contribution < -0.4 is 0 Å². The molecule has 34 heavy (non-hydrogen) atoms. The summed E-state index contributed by atoms with van der Waals surface area (Å²) in [4.78, 5) is 15.5. The topological polar surface area (TPSA) is 62.6 Å². The molecule has 0 saturated carbocycles. The zero-order valence-electron chi connectivity index (χ0n) is 18.5. The molecule has 0 N–H and O–H groups in total. The van der Waals surface area contributed by atoms with Gasteiger partial charge >= 0.3 is 0 Å². The molecule has 8 heteroatoms. The minimum Gasteiger partial charge on any atom is -0.342 e. The van der Waals surface area contributed by atoms with E-state index in [9.17, 15) is 13.2 Å². The van der Waals surface area contributed by atoms with Crippen molar-refractivity contribution < 1.29 is 13.2 Å². The van der Waals surface area contributed by atoms with Gasteiger partial charge in [-0.05, 0) is 35.9 Å². The second-order valence-electron chi connectivity index (χ2n) is 8.32. The number of rotatable bonds is 5. The number of amides is 1. The average molecular weight is 538 g/mol. The minimum absolute atomic E-state index is 0.0660. The first kappa shape index (κ1) is 22.8. The Morgan fingerprint density at radius 1 is 0.824 bits per heavy atom. The number of benzene rings is 3. The summed E-state index contributed by atoms with van der Waals surface area (Å²) in [5.74, 6) is -0.0660. The monoisotopic (exact) mass is 537 g/mol. The van der Waals surface area contributed by atoms with E-state index in [0.717, 1.165) is 20.9 Å². The van der Waals surface area contributed by atoms with Gasteiger partial charge in [-0.2, -0.15) is 4.31 Å². The summed E-state index contributed by atoms with van der Waals surface area (Å²) >= 11 is 3.34. The van der Waals surface area contributed by atoms with Gasteiger partial charge in [0, 0.05) is 54.3 Å². The lowest BCUT2D eigenvalue weighted by atomic mass is 10.1. The number of para-hydroxylation sites is 1. The molecule has 4 aromatic rings. The molecular formula is C26H24BrN3O3S. The fraction of sp³-hybridized carbons (Fsp3) is 0.192. The lowest BCUT2D eigenvalue weighted by molar-refractivity contribution is 0.0699. The first-order valence-corrected chi connectivity index (χ1v) is 13.3. The third kappa shape index (κ3) is 4.41. The van der Waals surface area contributed by atoms with Crippen LogP contribution in [0.4, 0.5) is 0 Å². The van der Waals surface area contributed by atoms with Gasteiger partial charge in [0.1, 0.15) is 0 Å². The Bertz CT molecular complexity index is 1430. The number of sulfonamides is 1. The molecule has 0 atom stereocenters. The van der Waals surface area contributed by atoms with Gasteiger partial charge in [0.25, 0.3) is 5.91 Å². The molecule has 0 spiro atoms. The van der Waals surface area contributed by atoms with E-state index in [0.29, 0.717) is 25.2 Å².